The second-order valence-electron chi connectivity index (χ2n) is 5.85. The smallest absolute Gasteiger partial charge is 0.349 e. The van der Waals surface area contributed by atoms with Crippen molar-refractivity contribution < 1.29 is 18.7 Å². The molecule has 3 rings (SSSR count). The number of carbonyl (C=O) groups excluding carboxylic acids is 2. The second kappa shape index (κ2) is 7.70. The highest BCUT2D eigenvalue weighted by Gasteiger charge is 2.15. The minimum absolute atomic E-state index is 0.103. The molecule has 27 heavy (non-hydrogen) atoms. The molecule has 0 spiro atoms. The Labute approximate surface area is 155 Å². The molecule has 2 aromatic carbocycles. The van der Waals surface area contributed by atoms with Crippen LogP contribution >= 0.6 is 0 Å². The number of aryl methyl sites for hydroxylation is 1. The molecule has 0 aliphatic heterocycles. The molecule has 3 aromatic rings. The molecule has 1 N–H and O–H groups in total. The van der Waals surface area contributed by atoms with E-state index in [-0.39, 0.29) is 23.4 Å². The van der Waals surface area contributed by atoms with Crippen LogP contribution in [0.5, 0.6) is 5.75 Å². The highest BCUT2D eigenvalue weighted by atomic mass is 16.5. The number of amides is 1. The van der Waals surface area contributed by atoms with E-state index in [4.69, 9.17) is 9.15 Å². The maximum atomic E-state index is 12.3. The van der Waals surface area contributed by atoms with E-state index in [0.717, 1.165) is 5.56 Å². The SMILES string of the molecule is C=CCNC(=O)c1cc2ccc(OC(=O)c3ccccc3C)cc2oc1=O. The van der Waals surface area contributed by atoms with Gasteiger partial charge in [-0.15, -0.1) is 6.58 Å². The van der Waals surface area contributed by atoms with Gasteiger partial charge in [0.1, 0.15) is 16.9 Å². The van der Waals surface area contributed by atoms with Gasteiger partial charge < -0.3 is 14.5 Å². The van der Waals surface area contributed by atoms with Crippen LogP contribution in [0.3, 0.4) is 0 Å². The summed E-state index contributed by atoms with van der Waals surface area (Å²) < 4.78 is 10.6. The summed E-state index contributed by atoms with van der Waals surface area (Å²) in [5.41, 5.74) is 0.592. The number of carbonyl (C=O) groups is 2. The summed E-state index contributed by atoms with van der Waals surface area (Å²) in [4.78, 5) is 36.4. The fourth-order valence-electron chi connectivity index (χ4n) is 2.54. The number of fused-ring (bicyclic) bond motifs is 1. The molecule has 136 valence electrons. The number of nitrogens with one attached hydrogen (secondary N) is 1. The first-order chi connectivity index (χ1) is 13.0. The first-order valence-corrected chi connectivity index (χ1v) is 8.24. The molecule has 1 heterocycles. The lowest BCUT2D eigenvalue weighted by molar-refractivity contribution is 0.0734. The van der Waals surface area contributed by atoms with Crippen molar-refractivity contribution in [3.8, 4) is 5.75 Å². The van der Waals surface area contributed by atoms with E-state index in [1.165, 1.54) is 18.2 Å². The zero-order chi connectivity index (χ0) is 19.4. The van der Waals surface area contributed by atoms with E-state index >= 15 is 0 Å². The fourth-order valence-corrected chi connectivity index (χ4v) is 2.54. The number of benzene rings is 2. The van der Waals surface area contributed by atoms with Gasteiger partial charge in [0.05, 0.1) is 5.56 Å². The molecule has 0 aliphatic rings. The predicted octanol–water partition coefficient (Wildman–Crippen LogP) is 3.24. The van der Waals surface area contributed by atoms with Crippen molar-refractivity contribution in [1.82, 2.24) is 5.32 Å². The lowest BCUT2D eigenvalue weighted by Crippen LogP contribution is -2.28. The van der Waals surface area contributed by atoms with Crippen LogP contribution in [0.4, 0.5) is 0 Å². The first-order valence-electron chi connectivity index (χ1n) is 8.24. The van der Waals surface area contributed by atoms with E-state index in [1.54, 1.807) is 24.3 Å². The van der Waals surface area contributed by atoms with Crippen molar-refractivity contribution in [2.75, 3.05) is 6.54 Å². The standard InChI is InChI=1S/C21H17NO5/c1-3-10-22-19(23)17-11-14-8-9-15(12-18(14)27-21(17)25)26-20(24)16-7-5-4-6-13(16)2/h3-9,11-12H,1,10H2,2H3,(H,22,23). The third kappa shape index (κ3) is 3.95. The summed E-state index contributed by atoms with van der Waals surface area (Å²) in [6.45, 7) is 5.56. The van der Waals surface area contributed by atoms with Crippen molar-refractivity contribution in [2.24, 2.45) is 0 Å². The van der Waals surface area contributed by atoms with Gasteiger partial charge in [0.15, 0.2) is 0 Å². The zero-order valence-corrected chi connectivity index (χ0v) is 14.7. The minimum atomic E-state index is -0.772. The van der Waals surface area contributed by atoms with Crippen LogP contribution in [0.25, 0.3) is 11.0 Å². The van der Waals surface area contributed by atoms with Crippen molar-refractivity contribution in [3.05, 3.63) is 88.3 Å². The quantitative estimate of drug-likeness (QED) is 0.326. The Morgan fingerprint density at radius 1 is 1.15 bits per heavy atom. The second-order valence-corrected chi connectivity index (χ2v) is 5.85. The minimum Gasteiger partial charge on any atom is -0.423 e. The molecule has 0 atom stereocenters. The number of esters is 1. The van der Waals surface area contributed by atoms with Crippen LogP contribution in [0.15, 0.2) is 70.4 Å². The van der Waals surface area contributed by atoms with Gasteiger partial charge in [-0.3, -0.25) is 4.79 Å². The molecule has 0 aliphatic carbocycles. The number of hydrogen-bond donors (Lipinski definition) is 1. The molecule has 0 fully saturated rings. The summed E-state index contributed by atoms with van der Waals surface area (Å²) in [6.07, 6.45) is 1.51. The maximum absolute atomic E-state index is 12.3. The maximum Gasteiger partial charge on any atom is 0.349 e. The molecular formula is C21H17NO5. The van der Waals surface area contributed by atoms with Crippen LogP contribution in [0.1, 0.15) is 26.3 Å². The molecule has 0 saturated heterocycles. The molecule has 0 radical (unpaired) electrons. The van der Waals surface area contributed by atoms with Gasteiger partial charge in [0.2, 0.25) is 0 Å². The van der Waals surface area contributed by atoms with Crippen molar-refractivity contribution in [3.63, 3.8) is 0 Å². The summed E-state index contributed by atoms with van der Waals surface area (Å²) in [5, 5.41) is 3.06. The predicted molar refractivity (Wildman–Crippen MR) is 101 cm³/mol. The van der Waals surface area contributed by atoms with Gasteiger partial charge in [-0.05, 0) is 36.8 Å². The Kier molecular flexibility index (Phi) is 5.17. The molecule has 1 amide bonds. The summed E-state index contributed by atoms with van der Waals surface area (Å²) in [7, 11) is 0. The van der Waals surface area contributed by atoms with E-state index < -0.39 is 17.5 Å². The number of rotatable bonds is 5. The average Bonchev–Trinajstić information content (AvgIpc) is 2.65. The van der Waals surface area contributed by atoms with Crippen LogP contribution in [-0.4, -0.2) is 18.4 Å². The molecule has 0 saturated carbocycles. The third-order valence-corrected chi connectivity index (χ3v) is 3.93. The Balaban J connectivity index is 1.89. The van der Waals surface area contributed by atoms with E-state index in [9.17, 15) is 14.4 Å². The van der Waals surface area contributed by atoms with E-state index in [0.29, 0.717) is 10.9 Å². The first kappa shape index (κ1) is 18.1. The highest BCUT2D eigenvalue weighted by Crippen LogP contribution is 2.22. The normalized spacial score (nSPS) is 10.4. The molecule has 1 aromatic heterocycles. The summed E-state index contributed by atoms with van der Waals surface area (Å²) >= 11 is 0. The highest BCUT2D eigenvalue weighted by molar-refractivity contribution is 5.97. The van der Waals surface area contributed by atoms with Crippen molar-refractivity contribution in [2.45, 2.75) is 6.92 Å². The Bertz CT molecular complexity index is 1100. The largest absolute Gasteiger partial charge is 0.423 e. The monoisotopic (exact) mass is 363 g/mol. The van der Waals surface area contributed by atoms with E-state index in [1.807, 2.05) is 19.1 Å². The Morgan fingerprint density at radius 3 is 2.67 bits per heavy atom. The fraction of sp³-hybridized carbons (Fsp3) is 0.0952. The van der Waals surface area contributed by atoms with Gasteiger partial charge in [0.25, 0.3) is 5.91 Å². The van der Waals surface area contributed by atoms with Gasteiger partial charge in [-0.25, -0.2) is 9.59 Å². The average molecular weight is 363 g/mol. The van der Waals surface area contributed by atoms with Gasteiger partial charge in [-0.1, -0.05) is 24.3 Å². The van der Waals surface area contributed by atoms with Gasteiger partial charge in [0, 0.05) is 18.0 Å². The summed E-state index contributed by atoms with van der Waals surface area (Å²) in [5.74, 6) is -0.807. The Hall–Kier alpha value is -3.67. The number of hydrogen-bond acceptors (Lipinski definition) is 5. The lowest BCUT2D eigenvalue weighted by atomic mass is 10.1. The van der Waals surface area contributed by atoms with Crippen LogP contribution in [0.2, 0.25) is 0 Å². The Morgan fingerprint density at radius 2 is 1.93 bits per heavy atom. The van der Waals surface area contributed by atoms with Crippen LogP contribution in [0, 0.1) is 6.92 Å². The van der Waals surface area contributed by atoms with Crippen molar-refractivity contribution in [1.29, 1.82) is 0 Å². The molecule has 6 heteroatoms. The van der Waals surface area contributed by atoms with Crippen LogP contribution in [-0.2, 0) is 0 Å². The van der Waals surface area contributed by atoms with Gasteiger partial charge >= 0.3 is 11.6 Å². The molecule has 0 unspecified atom stereocenters. The lowest BCUT2D eigenvalue weighted by Gasteiger charge is -2.08. The van der Waals surface area contributed by atoms with Crippen molar-refractivity contribution >= 4 is 22.8 Å². The van der Waals surface area contributed by atoms with Gasteiger partial charge in [-0.2, -0.15) is 0 Å². The number of ether oxygens (including phenoxy) is 1. The van der Waals surface area contributed by atoms with E-state index in [2.05, 4.69) is 11.9 Å². The topological polar surface area (TPSA) is 85.6 Å². The molecule has 6 nitrogen and oxygen atoms in total. The molecule has 0 bridgehead atoms. The third-order valence-electron chi connectivity index (χ3n) is 3.93. The zero-order valence-electron chi connectivity index (χ0n) is 14.7. The molecular weight excluding hydrogens is 346 g/mol. The van der Waals surface area contributed by atoms with Crippen LogP contribution < -0.4 is 15.7 Å². The summed E-state index contributed by atoms with van der Waals surface area (Å²) in [6, 6.07) is 13.1.